The van der Waals surface area contributed by atoms with E-state index in [2.05, 4.69) is 48.5 Å². The number of aliphatic hydroxyl groups is 1. The van der Waals surface area contributed by atoms with Crippen molar-refractivity contribution in [2.24, 2.45) is 10.9 Å². The number of likely N-dealkylation sites (N-methyl/N-ethyl adjacent to an activating group) is 1. The second-order valence-corrected chi connectivity index (χ2v) is 7.51. The summed E-state index contributed by atoms with van der Waals surface area (Å²) in [4.78, 5) is 6.78. The molecule has 6 nitrogen and oxygen atoms in total. The van der Waals surface area contributed by atoms with Gasteiger partial charge in [0.25, 0.3) is 0 Å². The second-order valence-electron chi connectivity index (χ2n) is 7.51. The van der Waals surface area contributed by atoms with Crippen molar-refractivity contribution in [2.75, 3.05) is 33.7 Å². The highest BCUT2D eigenvalue weighted by atomic mass is 16.4. The van der Waals surface area contributed by atoms with Gasteiger partial charge < -0.3 is 25.1 Å². The molecule has 3 N–H and O–H groups in total. The lowest BCUT2D eigenvalue weighted by atomic mass is 10.0. The highest BCUT2D eigenvalue weighted by Crippen LogP contribution is 2.23. The van der Waals surface area contributed by atoms with Gasteiger partial charge in [-0.3, -0.25) is 0 Å². The molecule has 0 aromatic carbocycles. The maximum absolute atomic E-state index is 10.6. The fourth-order valence-electron chi connectivity index (χ4n) is 2.61. The van der Waals surface area contributed by atoms with Gasteiger partial charge in [-0.05, 0) is 59.3 Å². The first-order valence-electron chi connectivity index (χ1n) is 9.13. The molecule has 144 valence electrons. The first-order valence-corrected chi connectivity index (χ1v) is 9.13. The molecule has 25 heavy (non-hydrogen) atoms. The van der Waals surface area contributed by atoms with Gasteiger partial charge in [0.05, 0.1) is 6.54 Å². The first-order chi connectivity index (χ1) is 11.7. The number of nitrogens with zero attached hydrogens (tertiary/aromatic N) is 2. The van der Waals surface area contributed by atoms with Crippen LogP contribution < -0.4 is 10.6 Å². The van der Waals surface area contributed by atoms with Gasteiger partial charge in [-0.2, -0.15) is 0 Å². The Morgan fingerprint density at radius 2 is 2.00 bits per heavy atom. The predicted molar refractivity (Wildman–Crippen MR) is 104 cm³/mol. The summed E-state index contributed by atoms with van der Waals surface area (Å²) in [5.74, 6) is 2.67. The monoisotopic (exact) mass is 352 g/mol. The fraction of sp³-hybridized carbons (Fsp3) is 0.737. The van der Waals surface area contributed by atoms with Gasteiger partial charge in [0.2, 0.25) is 0 Å². The van der Waals surface area contributed by atoms with Crippen molar-refractivity contribution < 1.29 is 9.52 Å². The smallest absolute Gasteiger partial charge is 0.191 e. The number of nitrogens with one attached hydrogen (secondary N) is 2. The van der Waals surface area contributed by atoms with Crippen molar-refractivity contribution in [1.29, 1.82) is 0 Å². The molecule has 0 spiro atoms. The minimum absolute atomic E-state index is 0.228. The molecule has 0 aliphatic rings. The van der Waals surface area contributed by atoms with E-state index in [-0.39, 0.29) is 6.54 Å². The molecule has 1 heterocycles. The minimum atomic E-state index is -1.13. The number of guanidine groups is 1. The van der Waals surface area contributed by atoms with E-state index in [1.54, 1.807) is 13.0 Å². The Kier molecular flexibility index (Phi) is 8.45. The number of aryl methyl sites for hydroxylation is 1. The molecular weight excluding hydrogens is 316 g/mol. The van der Waals surface area contributed by atoms with Crippen molar-refractivity contribution in [3.63, 3.8) is 0 Å². The first kappa shape index (κ1) is 21.5. The number of aliphatic imine (C=N–C) groups is 1. The van der Waals surface area contributed by atoms with Crippen molar-refractivity contribution in [1.82, 2.24) is 15.5 Å². The molecule has 2 unspecified atom stereocenters. The van der Waals surface area contributed by atoms with Crippen LogP contribution >= 0.6 is 0 Å². The summed E-state index contributed by atoms with van der Waals surface area (Å²) in [6.07, 6.45) is 1.11. The third kappa shape index (κ3) is 7.48. The minimum Gasteiger partial charge on any atom is -0.463 e. The third-order valence-corrected chi connectivity index (χ3v) is 4.14. The molecule has 0 saturated heterocycles. The molecule has 1 aromatic rings. The third-order valence-electron chi connectivity index (χ3n) is 4.14. The van der Waals surface area contributed by atoms with E-state index >= 15 is 0 Å². The van der Waals surface area contributed by atoms with Crippen LogP contribution in [0.25, 0.3) is 0 Å². The summed E-state index contributed by atoms with van der Waals surface area (Å²) in [5, 5.41) is 17.3. The zero-order chi connectivity index (χ0) is 19.0. The van der Waals surface area contributed by atoms with Crippen LogP contribution in [0, 0.1) is 12.8 Å². The van der Waals surface area contributed by atoms with Gasteiger partial charge in [0.1, 0.15) is 17.1 Å². The van der Waals surface area contributed by atoms with Crippen molar-refractivity contribution >= 4 is 5.96 Å². The molecular formula is C19H36N4O2. The zero-order valence-corrected chi connectivity index (χ0v) is 16.9. The quantitative estimate of drug-likeness (QED) is 0.470. The van der Waals surface area contributed by atoms with Gasteiger partial charge in [0, 0.05) is 19.1 Å². The number of hydrogen-bond acceptors (Lipinski definition) is 4. The molecule has 1 aromatic heterocycles. The number of hydrogen-bond donors (Lipinski definition) is 3. The molecule has 6 heteroatoms. The summed E-state index contributed by atoms with van der Waals surface area (Å²) >= 11 is 0. The van der Waals surface area contributed by atoms with Gasteiger partial charge in [0.15, 0.2) is 5.96 Å². The fourth-order valence-corrected chi connectivity index (χ4v) is 2.61. The van der Waals surface area contributed by atoms with E-state index in [9.17, 15) is 5.11 Å². The average molecular weight is 353 g/mol. The van der Waals surface area contributed by atoms with Crippen LogP contribution in [0.3, 0.4) is 0 Å². The zero-order valence-electron chi connectivity index (χ0n) is 16.9. The predicted octanol–water partition coefficient (Wildman–Crippen LogP) is 2.33. The van der Waals surface area contributed by atoms with E-state index in [0.717, 1.165) is 25.3 Å². The molecule has 0 fully saturated rings. The lowest BCUT2D eigenvalue weighted by Crippen LogP contribution is -2.46. The second kappa shape index (κ2) is 9.82. The molecule has 2 atom stereocenters. The van der Waals surface area contributed by atoms with Crippen LogP contribution in [0.4, 0.5) is 0 Å². The molecule has 0 amide bonds. The SMILES string of the molecule is CCNC(=NCC(C)(O)c1ccc(C)o1)NCC(CC(C)C)N(C)C. The lowest BCUT2D eigenvalue weighted by molar-refractivity contribution is 0.0428. The highest BCUT2D eigenvalue weighted by molar-refractivity contribution is 5.79. The summed E-state index contributed by atoms with van der Waals surface area (Å²) in [6.45, 7) is 11.9. The van der Waals surface area contributed by atoms with Crippen LogP contribution in [-0.2, 0) is 5.60 Å². The summed E-state index contributed by atoms with van der Waals surface area (Å²) in [5.41, 5.74) is -1.13. The maximum Gasteiger partial charge on any atom is 0.191 e. The summed E-state index contributed by atoms with van der Waals surface area (Å²) in [6, 6.07) is 4.08. The molecule has 0 saturated carbocycles. The van der Waals surface area contributed by atoms with E-state index < -0.39 is 5.60 Å². The summed E-state index contributed by atoms with van der Waals surface area (Å²) < 4.78 is 5.55. The topological polar surface area (TPSA) is 73.0 Å². The lowest BCUT2D eigenvalue weighted by Gasteiger charge is -2.27. The van der Waals surface area contributed by atoms with Crippen LogP contribution in [0.15, 0.2) is 21.5 Å². The van der Waals surface area contributed by atoms with Gasteiger partial charge in [-0.1, -0.05) is 13.8 Å². The largest absolute Gasteiger partial charge is 0.463 e. The Labute approximate surface area is 152 Å². The standard InChI is InChI=1S/C19H36N4O2/c1-8-20-18(21-12-16(23(6)7)11-14(2)3)22-13-19(5,24)17-10-9-15(4)25-17/h9-10,14,16,24H,8,11-13H2,1-7H3,(H2,20,21,22). The normalized spacial score (nSPS) is 16.2. The van der Waals surface area contributed by atoms with Crippen molar-refractivity contribution in [2.45, 2.75) is 52.7 Å². The Morgan fingerprint density at radius 1 is 1.32 bits per heavy atom. The average Bonchev–Trinajstić information content (AvgIpc) is 2.95. The molecule has 1 rings (SSSR count). The van der Waals surface area contributed by atoms with E-state index in [0.29, 0.717) is 23.7 Å². The van der Waals surface area contributed by atoms with Crippen molar-refractivity contribution in [3.8, 4) is 0 Å². The molecule has 0 radical (unpaired) electrons. The molecule has 0 aliphatic carbocycles. The molecule has 0 bridgehead atoms. The van der Waals surface area contributed by atoms with E-state index in [1.165, 1.54) is 0 Å². The van der Waals surface area contributed by atoms with Crippen molar-refractivity contribution in [3.05, 3.63) is 23.7 Å². The van der Waals surface area contributed by atoms with Crippen LogP contribution in [-0.4, -0.2) is 55.7 Å². The summed E-state index contributed by atoms with van der Waals surface area (Å²) in [7, 11) is 4.20. The molecule has 0 aliphatic heterocycles. The Balaban J connectivity index is 2.72. The maximum atomic E-state index is 10.6. The Hall–Kier alpha value is -1.53. The van der Waals surface area contributed by atoms with Crippen LogP contribution in [0.5, 0.6) is 0 Å². The van der Waals surface area contributed by atoms with E-state index in [4.69, 9.17) is 4.42 Å². The van der Waals surface area contributed by atoms with Gasteiger partial charge >= 0.3 is 0 Å². The van der Waals surface area contributed by atoms with Gasteiger partial charge in [-0.15, -0.1) is 0 Å². The number of rotatable bonds is 9. The Bertz CT molecular complexity index is 535. The highest BCUT2D eigenvalue weighted by Gasteiger charge is 2.26. The van der Waals surface area contributed by atoms with Crippen LogP contribution in [0.1, 0.15) is 45.6 Å². The number of furan rings is 1. The van der Waals surface area contributed by atoms with Crippen LogP contribution in [0.2, 0.25) is 0 Å². The van der Waals surface area contributed by atoms with Gasteiger partial charge in [-0.25, -0.2) is 4.99 Å². The Morgan fingerprint density at radius 3 is 2.48 bits per heavy atom. The van der Waals surface area contributed by atoms with E-state index in [1.807, 2.05) is 19.9 Å².